The van der Waals surface area contributed by atoms with Crippen molar-refractivity contribution in [1.29, 1.82) is 0 Å². The van der Waals surface area contributed by atoms with Crippen LogP contribution in [0.5, 0.6) is 0 Å². The van der Waals surface area contributed by atoms with Crippen LogP contribution in [0.25, 0.3) is 11.2 Å². The predicted octanol–water partition coefficient (Wildman–Crippen LogP) is 1.27. The number of rotatable bonds is 1. The van der Waals surface area contributed by atoms with Crippen LogP contribution in [-0.4, -0.2) is 32.9 Å². The number of fused-ring (bicyclic) bond motifs is 1. The van der Waals surface area contributed by atoms with Gasteiger partial charge in [0.05, 0.1) is 16.8 Å². The van der Waals surface area contributed by atoms with Gasteiger partial charge in [-0.1, -0.05) is 0 Å². The lowest BCUT2D eigenvalue weighted by Gasteiger charge is -2.32. The molecule has 2 aromatic rings. The van der Waals surface area contributed by atoms with E-state index in [4.69, 9.17) is 9.31 Å². The maximum atomic E-state index is 5.97. The van der Waals surface area contributed by atoms with Gasteiger partial charge in [-0.15, -0.1) is 0 Å². The first-order valence-corrected chi connectivity index (χ1v) is 6.44. The Labute approximate surface area is 113 Å². The largest absolute Gasteiger partial charge is 0.516 e. The molecule has 19 heavy (non-hydrogen) atoms. The molecule has 1 aliphatic rings. The molecule has 0 aliphatic carbocycles. The van der Waals surface area contributed by atoms with Crippen molar-refractivity contribution in [2.75, 3.05) is 0 Å². The van der Waals surface area contributed by atoms with E-state index in [1.165, 1.54) is 0 Å². The zero-order valence-corrected chi connectivity index (χ0v) is 12.0. The van der Waals surface area contributed by atoms with Gasteiger partial charge in [0.15, 0.2) is 5.65 Å². The van der Waals surface area contributed by atoms with Crippen LogP contribution in [0, 0.1) is 0 Å². The highest BCUT2D eigenvalue weighted by Gasteiger charge is 2.52. The molecule has 0 radical (unpaired) electrons. The number of nitrogens with zero attached hydrogens (tertiary/aromatic N) is 3. The number of hydrogen-bond donors (Lipinski definition) is 0. The van der Waals surface area contributed by atoms with Gasteiger partial charge in [0.1, 0.15) is 5.52 Å². The Bertz CT molecular complexity index is 620. The normalized spacial score (nSPS) is 21.2. The summed E-state index contributed by atoms with van der Waals surface area (Å²) in [5, 5.41) is 0. The standard InChI is InChI=1S/C13H18BN3O2/c1-12(2)13(3,4)19-14(18-12)10-8-15-11-9(16-10)6-7-17(11)5/h6-8H,1-5H3. The summed E-state index contributed by atoms with van der Waals surface area (Å²) in [4.78, 5) is 9.00. The maximum Gasteiger partial charge on any atom is 0.516 e. The molecule has 2 aromatic heterocycles. The monoisotopic (exact) mass is 259 g/mol. The summed E-state index contributed by atoms with van der Waals surface area (Å²) in [6.07, 6.45) is 3.67. The van der Waals surface area contributed by atoms with Crippen molar-refractivity contribution in [2.45, 2.75) is 38.9 Å². The zero-order chi connectivity index (χ0) is 13.8. The Morgan fingerprint density at radius 2 is 1.79 bits per heavy atom. The van der Waals surface area contributed by atoms with Crippen molar-refractivity contribution in [2.24, 2.45) is 7.05 Å². The van der Waals surface area contributed by atoms with Gasteiger partial charge in [-0.3, -0.25) is 4.98 Å². The third-order valence-electron chi connectivity index (χ3n) is 4.08. The van der Waals surface area contributed by atoms with Gasteiger partial charge in [-0.2, -0.15) is 0 Å². The lowest BCUT2D eigenvalue weighted by molar-refractivity contribution is 0.00578. The van der Waals surface area contributed by atoms with Crippen LogP contribution in [0.2, 0.25) is 0 Å². The molecule has 0 atom stereocenters. The highest BCUT2D eigenvalue weighted by Crippen LogP contribution is 2.36. The first kappa shape index (κ1) is 12.6. The van der Waals surface area contributed by atoms with E-state index in [0.717, 1.165) is 16.8 Å². The van der Waals surface area contributed by atoms with Crippen molar-refractivity contribution >= 4 is 23.9 Å². The summed E-state index contributed by atoms with van der Waals surface area (Å²) in [6.45, 7) is 8.12. The molecule has 0 N–H and O–H groups in total. The SMILES string of the molecule is Cn1ccc2nc(B3OC(C)(C)C(C)(C)O3)cnc21. The van der Waals surface area contributed by atoms with Gasteiger partial charge in [-0.05, 0) is 33.8 Å². The quantitative estimate of drug-likeness (QED) is 0.723. The van der Waals surface area contributed by atoms with Crippen LogP contribution < -0.4 is 5.59 Å². The molecule has 3 rings (SSSR count). The molecule has 0 spiro atoms. The second kappa shape index (κ2) is 3.80. The maximum absolute atomic E-state index is 5.97. The van der Waals surface area contributed by atoms with E-state index in [9.17, 15) is 0 Å². The Balaban J connectivity index is 1.98. The molecular weight excluding hydrogens is 241 g/mol. The van der Waals surface area contributed by atoms with E-state index in [1.54, 1.807) is 6.20 Å². The van der Waals surface area contributed by atoms with Gasteiger partial charge >= 0.3 is 7.12 Å². The molecule has 1 saturated heterocycles. The van der Waals surface area contributed by atoms with Crippen molar-refractivity contribution in [3.8, 4) is 0 Å². The summed E-state index contributed by atoms with van der Waals surface area (Å²) >= 11 is 0. The van der Waals surface area contributed by atoms with Gasteiger partial charge < -0.3 is 13.9 Å². The van der Waals surface area contributed by atoms with Gasteiger partial charge in [0.2, 0.25) is 0 Å². The summed E-state index contributed by atoms with van der Waals surface area (Å²) in [6, 6.07) is 1.94. The predicted molar refractivity (Wildman–Crippen MR) is 74.2 cm³/mol. The molecule has 0 saturated carbocycles. The molecule has 1 aliphatic heterocycles. The molecular formula is C13H18BN3O2. The fraction of sp³-hybridized carbons (Fsp3) is 0.538. The smallest absolute Gasteiger partial charge is 0.398 e. The molecule has 5 nitrogen and oxygen atoms in total. The topological polar surface area (TPSA) is 49.2 Å². The van der Waals surface area contributed by atoms with Crippen molar-refractivity contribution in [1.82, 2.24) is 14.5 Å². The molecule has 0 aromatic carbocycles. The molecule has 3 heterocycles. The highest BCUT2D eigenvalue weighted by molar-refractivity contribution is 6.61. The van der Waals surface area contributed by atoms with E-state index in [0.29, 0.717) is 0 Å². The summed E-state index contributed by atoms with van der Waals surface area (Å²) in [5.41, 5.74) is 1.73. The molecule has 0 bridgehead atoms. The third-order valence-corrected chi connectivity index (χ3v) is 4.08. The van der Waals surface area contributed by atoms with Crippen LogP contribution in [0.3, 0.4) is 0 Å². The van der Waals surface area contributed by atoms with E-state index >= 15 is 0 Å². The minimum absolute atomic E-state index is 0.356. The van der Waals surface area contributed by atoms with E-state index in [-0.39, 0.29) is 11.2 Å². The first-order valence-electron chi connectivity index (χ1n) is 6.44. The molecule has 100 valence electrons. The van der Waals surface area contributed by atoms with Crippen LogP contribution in [0.4, 0.5) is 0 Å². The van der Waals surface area contributed by atoms with Crippen LogP contribution in [-0.2, 0) is 16.4 Å². The van der Waals surface area contributed by atoms with Gasteiger partial charge in [-0.25, -0.2) is 4.98 Å². The Hall–Kier alpha value is -1.40. The molecule has 0 amide bonds. The summed E-state index contributed by atoms with van der Waals surface area (Å²) < 4.78 is 13.9. The van der Waals surface area contributed by atoms with E-state index in [1.807, 2.05) is 51.6 Å². The van der Waals surface area contributed by atoms with Crippen molar-refractivity contribution in [3.63, 3.8) is 0 Å². The lowest BCUT2D eigenvalue weighted by Crippen LogP contribution is -2.41. The van der Waals surface area contributed by atoms with E-state index < -0.39 is 7.12 Å². The van der Waals surface area contributed by atoms with Gasteiger partial charge in [0, 0.05) is 19.4 Å². The fourth-order valence-electron chi connectivity index (χ4n) is 2.13. The number of aryl methyl sites for hydroxylation is 1. The average Bonchev–Trinajstić information content (AvgIpc) is 2.78. The molecule has 0 unspecified atom stereocenters. The fourth-order valence-corrected chi connectivity index (χ4v) is 2.13. The second-order valence-electron chi connectivity index (χ2n) is 6.02. The molecule has 1 fully saturated rings. The minimum atomic E-state index is -0.456. The van der Waals surface area contributed by atoms with Crippen LogP contribution >= 0.6 is 0 Å². The number of hydrogen-bond acceptors (Lipinski definition) is 4. The second-order valence-corrected chi connectivity index (χ2v) is 6.02. The number of aromatic nitrogens is 3. The minimum Gasteiger partial charge on any atom is -0.398 e. The third kappa shape index (κ3) is 1.86. The van der Waals surface area contributed by atoms with Gasteiger partial charge in [0.25, 0.3) is 0 Å². The lowest BCUT2D eigenvalue weighted by atomic mass is 9.85. The van der Waals surface area contributed by atoms with Crippen molar-refractivity contribution < 1.29 is 9.31 Å². The van der Waals surface area contributed by atoms with Crippen LogP contribution in [0.1, 0.15) is 27.7 Å². The van der Waals surface area contributed by atoms with E-state index in [2.05, 4.69) is 9.97 Å². The van der Waals surface area contributed by atoms with Crippen molar-refractivity contribution in [3.05, 3.63) is 18.5 Å². The highest BCUT2D eigenvalue weighted by atomic mass is 16.7. The average molecular weight is 259 g/mol. The van der Waals surface area contributed by atoms with Crippen LogP contribution in [0.15, 0.2) is 18.5 Å². The zero-order valence-electron chi connectivity index (χ0n) is 12.0. The Kier molecular flexibility index (Phi) is 2.53. The Morgan fingerprint density at radius 3 is 2.42 bits per heavy atom. The molecule has 6 heteroatoms. The Morgan fingerprint density at radius 1 is 1.16 bits per heavy atom. The summed E-state index contributed by atoms with van der Waals surface area (Å²) in [5.74, 6) is 0. The first-order chi connectivity index (χ1) is 8.80. The summed E-state index contributed by atoms with van der Waals surface area (Å²) in [7, 11) is 1.49.